The molecule has 0 radical (unpaired) electrons. The highest BCUT2D eigenvalue weighted by Crippen LogP contribution is 2.29. The number of nitrogens with one attached hydrogen (secondary N) is 1. The Labute approximate surface area is 118 Å². The van der Waals surface area contributed by atoms with Gasteiger partial charge in [0.2, 0.25) is 5.88 Å². The summed E-state index contributed by atoms with van der Waals surface area (Å²) in [6.07, 6.45) is 3.65. The number of rotatable bonds is 4. The molecule has 19 heavy (non-hydrogen) atoms. The number of hydrogen-bond donors (Lipinski definition) is 2. The van der Waals surface area contributed by atoms with Gasteiger partial charge in [-0.3, -0.25) is 4.79 Å². The maximum Gasteiger partial charge on any atom is 0.268 e. The van der Waals surface area contributed by atoms with Gasteiger partial charge in [-0.15, -0.1) is 6.58 Å². The molecule has 1 heterocycles. The average molecular weight is 322 g/mol. The minimum atomic E-state index is -0.300. The number of nitrogens with zero attached hydrogens (tertiary/aromatic N) is 1. The molecule has 0 fully saturated rings. The molecule has 6 heteroatoms. The van der Waals surface area contributed by atoms with Gasteiger partial charge in [-0.25, -0.2) is 4.98 Å². The second kappa shape index (κ2) is 5.71. The first-order chi connectivity index (χ1) is 9.11. The van der Waals surface area contributed by atoms with E-state index in [2.05, 4.69) is 32.5 Å². The van der Waals surface area contributed by atoms with E-state index < -0.39 is 0 Å². The molecule has 0 saturated carbocycles. The van der Waals surface area contributed by atoms with Crippen molar-refractivity contribution in [3.8, 4) is 11.6 Å². The molecule has 0 unspecified atom stereocenters. The molecule has 2 rings (SSSR count). The summed E-state index contributed by atoms with van der Waals surface area (Å²) in [4.78, 5) is 17.9. The molecule has 0 aliphatic rings. The van der Waals surface area contributed by atoms with Gasteiger partial charge < -0.3 is 15.5 Å². The first-order valence-corrected chi connectivity index (χ1v) is 6.31. The van der Waals surface area contributed by atoms with Crippen molar-refractivity contribution in [3.63, 3.8) is 0 Å². The Morgan fingerprint density at radius 3 is 3.05 bits per heavy atom. The van der Waals surface area contributed by atoms with Crippen LogP contribution in [0.25, 0.3) is 0 Å². The van der Waals surface area contributed by atoms with E-state index in [-0.39, 0.29) is 15.9 Å². The molecular weight excluding hydrogens is 310 g/mol. The SMILES string of the molecule is C=CCc1cc(N)ccc1Oc1nc[nH]c(=O)c1Br. The van der Waals surface area contributed by atoms with Gasteiger partial charge in [0.05, 0.1) is 6.33 Å². The third kappa shape index (κ3) is 3.03. The summed E-state index contributed by atoms with van der Waals surface area (Å²) >= 11 is 3.14. The van der Waals surface area contributed by atoms with Gasteiger partial charge in [0.15, 0.2) is 0 Å². The number of anilines is 1. The van der Waals surface area contributed by atoms with Crippen molar-refractivity contribution in [2.45, 2.75) is 6.42 Å². The summed E-state index contributed by atoms with van der Waals surface area (Å²) in [5.74, 6) is 0.798. The number of halogens is 1. The number of H-pyrrole nitrogens is 1. The Balaban J connectivity index is 2.40. The van der Waals surface area contributed by atoms with Crippen molar-refractivity contribution in [1.82, 2.24) is 9.97 Å². The second-order valence-electron chi connectivity index (χ2n) is 3.81. The monoisotopic (exact) mass is 321 g/mol. The first kappa shape index (κ1) is 13.4. The van der Waals surface area contributed by atoms with Crippen molar-refractivity contribution in [1.29, 1.82) is 0 Å². The lowest BCUT2D eigenvalue weighted by Crippen LogP contribution is -2.08. The van der Waals surface area contributed by atoms with E-state index in [1.807, 2.05) is 0 Å². The minimum absolute atomic E-state index is 0.207. The topological polar surface area (TPSA) is 81.0 Å². The molecule has 0 amide bonds. The number of aromatic nitrogens is 2. The molecule has 3 N–H and O–H groups in total. The van der Waals surface area contributed by atoms with E-state index in [0.29, 0.717) is 17.9 Å². The van der Waals surface area contributed by atoms with Crippen LogP contribution < -0.4 is 16.0 Å². The van der Waals surface area contributed by atoms with Gasteiger partial charge in [0, 0.05) is 11.3 Å². The molecule has 1 aromatic heterocycles. The summed E-state index contributed by atoms with van der Waals surface area (Å²) in [5, 5.41) is 0. The van der Waals surface area contributed by atoms with Crippen LogP contribution in [-0.4, -0.2) is 9.97 Å². The van der Waals surface area contributed by atoms with Crippen LogP contribution >= 0.6 is 15.9 Å². The van der Waals surface area contributed by atoms with Gasteiger partial charge in [-0.05, 0) is 40.5 Å². The highest BCUT2D eigenvalue weighted by atomic mass is 79.9. The van der Waals surface area contributed by atoms with Crippen molar-refractivity contribution >= 4 is 21.6 Å². The lowest BCUT2D eigenvalue weighted by atomic mass is 10.1. The number of allylic oxidation sites excluding steroid dienone is 1. The van der Waals surface area contributed by atoms with Crippen LogP contribution in [0.2, 0.25) is 0 Å². The molecule has 0 atom stereocenters. The number of nitrogen functional groups attached to an aromatic ring is 1. The van der Waals surface area contributed by atoms with Gasteiger partial charge in [0.1, 0.15) is 10.2 Å². The highest BCUT2D eigenvalue weighted by molar-refractivity contribution is 9.10. The predicted octanol–water partition coefficient (Wildman–Crippen LogP) is 2.64. The number of nitrogens with two attached hydrogens (primary N) is 1. The van der Waals surface area contributed by atoms with Crippen LogP contribution in [0.1, 0.15) is 5.56 Å². The number of benzene rings is 1. The van der Waals surface area contributed by atoms with Crippen molar-refractivity contribution in [3.05, 3.63) is 57.6 Å². The maximum atomic E-state index is 11.4. The summed E-state index contributed by atoms with van der Waals surface area (Å²) in [5.41, 5.74) is 6.95. The lowest BCUT2D eigenvalue weighted by molar-refractivity contribution is 0.452. The third-order valence-corrected chi connectivity index (χ3v) is 3.12. The van der Waals surface area contributed by atoms with Crippen LogP contribution in [0.3, 0.4) is 0 Å². The van der Waals surface area contributed by atoms with E-state index in [1.54, 1.807) is 24.3 Å². The standard InChI is InChI=1S/C13H12BrN3O2/c1-2-3-8-6-9(15)4-5-10(8)19-13-11(14)12(18)16-7-17-13/h2,4-7H,1,3,15H2,(H,16,17,18). The molecule has 0 spiro atoms. The molecule has 2 aromatic rings. The molecule has 98 valence electrons. The van der Waals surface area contributed by atoms with E-state index in [9.17, 15) is 4.79 Å². The largest absolute Gasteiger partial charge is 0.437 e. The quantitative estimate of drug-likeness (QED) is 0.670. The zero-order chi connectivity index (χ0) is 13.8. The van der Waals surface area contributed by atoms with E-state index >= 15 is 0 Å². The van der Waals surface area contributed by atoms with Crippen LogP contribution in [0.15, 0.2) is 46.4 Å². The van der Waals surface area contributed by atoms with Gasteiger partial charge in [-0.2, -0.15) is 0 Å². The highest BCUT2D eigenvalue weighted by Gasteiger charge is 2.10. The smallest absolute Gasteiger partial charge is 0.268 e. The van der Waals surface area contributed by atoms with Crippen LogP contribution in [0.5, 0.6) is 11.6 Å². The Kier molecular flexibility index (Phi) is 4.01. The van der Waals surface area contributed by atoms with E-state index in [0.717, 1.165) is 5.56 Å². The fraction of sp³-hybridized carbons (Fsp3) is 0.0769. The van der Waals surface area contributed by atoms with E-state index in [4.69, 9.17) is 10.5 Å². The van der Waals surface area contributed by atoms with Crippen molar-refractivity contribution in [2.24, 2.45) is 0 Å². The summed E-state index contributed by atoms with van der Waals surface area (Å²) in [7, 11) is 0. The molecule has 0 aliphatic heterocycles. The van der Waals surface area contributed by atoms with E-state index in [1.165, 1.54) is 6.33 Å². The Morgan fingerprint density at radius 2 is 2.32 bits per heavy atom. The number of hydrogen-bond acceptors (Lipinski definition) is 4. The zero-order valence-corrected chi connectivity index (χ0v) is 11.6. The Hall–Kier alpha value is -2.08. The number of ether oxygens (including phenoxy) is 1. The minimum Gasteiger partial charge on any atom is -0.437 e. The fourth-order valence-electron chi connectivity index (χ4n) is 1.56. The average Bonchev–Trinajstić information content (AvgIpc) is 2.38. The zero-order valence-electron chi connectivity index (χ0n) is 10.0. The predicted molar refractivity (Wildman–Crippen MR) is 77.4 cm³/mol. The molecule has 0 bridgehead atoms. The Morgan fingerprint density at radius 1 is 1.53 bits per heavy atom. The fourth-order valence-corrected chi connectivity index (χ4v) is 1.85. The third-order valence-electron chi connectivity index (χ3n) is 2.42. The molecule has 5 nitrogen and oxygen atoms in total. The van der Waals surface area contributed by atoms with Crippen LogP contribution in [-0.2, 0) is 6.42 Å². The molecule has 0 aliphatic carbocycles. The van der Waals surface area contributed by atoms with Crippen LogP contribution in [0, 0.1) is 0 Å². The molecule has 0 saturated heterocycles. The second-order valence-corrected chi connectivity index (χ2v) is 4.61. The van der Waals surface area contributed by atoms with Crippen molar-refractivity contribution in [2.75, 3.05) is 5.73 Å². The number of aromatic amines is 1. The lowest BCUT2D eigenvalue weighted by Gasteiger charge is -2.10. The van der Waals surface area contributed by atoms with Gasteiger partial charge in [0.25, 0.3) is 5.56 Å². The maximum absolute atomic E-state index is 11.4. The molecule has 1 aromatic carbocycles. The Bertz CT molecular complexity index is 667. The summed E-state index contributed by atoms with van der Waals surface area (Å²) < 4.78 is 5.89. The first-order valence-electron chi connectivity index (χ1n) is 5.52. The normalized spacial score (nSPS) is 10.2. The molecular formula is C13H12BrN3O2. The van der Waals surface area contributed by atoms with Crippen molar-refractivity contribution < 1.29 is 4.74 Å². The summed E-state index contributed by atoms with van der Waals surface area (Å²) in [6, 6.07) is 5.27. The van der Waals surface area contributed by atoms with Gasteiger partial charge in [-0.1, -0.05) is 6.08 Å². The van der Waals surface area contributed by atoms with Gasteiger partial charge >= 0.3 is 0 Å². The van der Waals surface area contributed by atoms with Crippen LogP contribution in [0.4, 0.5) is 5.69 Å². The summed E-state index contributed by atoms with van der Waals surface area (Å²) in [6.45, 7) is 3.69.